The summed E-state index contributed by atoms with van der Waals surface area (Å²) in [6.45, 7) is 0. The number of fused-ring (bicyclic) bond motifs is 6. The van der Waals surface area contributed by atoms with E-state index in [-0.39, 0.29) is 0 Å². The Labute approximate surface area is 302 Å². The van der Waals surface area contributed by atoms with Crippen molar-refractivity contribution < 1.29 is 0 Å². The Hall–Kier alpha value is -6.62. The van der Waals surface area contributed by atoms with E-state index in [1.807, 2.05) is 0 Å². The van der Waals surface area contributed by atoms with Gasteiger partial charge in [-0.15, -0.1) is 11.3 Å². The second-order valence-electron chi connectivity index (χ2n) is 13.7. The van der Waals surface area contributed by atoms with E-state index >= 15 is 0 Å². The Balaban J connectivity index is 1.26. The zero-order chi connectivity index (χ0) is 33.9. The number of aromatic nitrogens is 3. The summed E-state index contributed by atoms with van der Waals surface area (Å²) in [6, 6.07) is 59.5. The minimum Gasteiger partial charge on any atom is -0.278 e. The molecule has 240 valence electrons. The van der Waals surface area contributed by atoms with Gasteiger partial charge in [-0.3, -0.25) is 4.57 Å². The topological polar surface area (TPSA) is 30.7 Å². The molecule has 3 nitrogen and oxygen atoms in total. The second-order valence-corrected chi connectivity index (χ2v) is 14.8. The van der Waals surface area contributed by atoms with E-state index in [1.54, 1.807) is 11.3 Å². The third-order valence-corrected chi connectivity index (χ3v) is 12.1. The maximum atomic E-state index is 5.57. The smallest absolute Gasteiger partial charge is 0.235 e. The fourth-order valence-electron chi connectivity index (χ4n) is 8.64. The molecule has 0 bridgehead atoms. The first-order valence-electron chi connectivity index (χ1n) is 17.7. The van der Waals surface area contributed by atoms with Crippen LogP contribution in [0.25, 0.3) is 114 Å². The van der Waals surface area contributed by atoms with Crippen LogP contribution in [-0.2, 0) is 0 Å². The summed E-state index contributed by atoms with van der Waals surface area (Å²) in [6.07, 6.45) is 0. The van der Waals surface area contributed by atoms with Crippen LogP contribution in [0.5, 0.6) is 0 Å². The van der Waals surface area contributed by atoms with Crippen LogP contribution in [0, 0.1) is 0 Å². The normalized spacial score (nSPS) is 12.2. The third-order valence-electron chi connectivity index (χ3n) is 10.9. The summed E-state index contributed by atoms with van der Waals surface area (Å²) < 4.78 is 4.64. The summed E-state index contributed by atoms with van der Waals surface area (Å²) >= 11 is 1.77. The molecule has 0 radical (unpaired) electrons. The molecule has 11 aromatic rings. The van der Waals surface area contributed by atoms with Gasteiger partial charge in [0.05, 0.1) is 26.9 Å². The molecule has 0 saturated heterocycles. The van der Waals surface area contributed by atoms with Crippen molar-refractivity contribution >= 4 is 75.0 Å². The highest BCUT2D eigenvalue weighted by molar-refractivity contribution is 7.26. The number of hydrogen-bond acceptors (Lipinski definition) is 3. The van der Waals surface area contributed by atoms with Gasteiger partial charge in [0.15, 0.2) is 0 Å². The van der Waals surface area contributed by atoms with Gasteiger partial charge in [-0.05, 0) is 85.3 Å². The highest BCUT2D eigenvalue weighted by Crippen LogP contribution is 2.51. The summed E-state index contributed by atoms with van der Waals surface area (Å²) in [5.41, 5.74) is 12.6. The van der Waals surface area contributed by atoms with Gasteiger partial charge in [0.2, 0.25) is 5.95 Å². The van der Waals surface area contributed by atoms with Crippen LogP contribution < -0.4 is 0 Å². The van der Waals surface area contributed by atoms with Crippen LogP contribution in [0.3, 0.4) is 0 Å². The van der Waals surface area contributed by atoms with Crippen LogP contribution in [0.1, 0.15) is 0 Å². The van der Waals surface area contributed by atoms with Crippen molar-refractivity contribution in [3.05, 3.63) is 164 Å². The molecule has 0 unspecified atom stereocenters. The lowest BCUT2D eigenvalue weighted by atomic mass is 9.92. The molecule has 0 fully saturated rings. The van der Waals surface area contributed by atoms with Crippen molar-refractivity contribution in [2.45, 2.75) is 0 Å². The third kappa shape index (κ3) is 3.84. The highest BCUT2D eigenvalue weighted by atomic mass is 32.1. The minimum absolute atomic E-state index is 0.680. The standard InChI is InChI=1S/C48H27N3S/c1-2-11-28(12-3-1)33-26-38-36-19-9-16-30-15-8-18-34(42(30)36)35-20-10-21-39-43(35)44(38)40(27-33)51(39)48-49-45(32-24-23-29-13-4-5-14-31(29)25-32)47-46(50-48)37-17-6-7-22-41(37)52-47/h1-27H. The summed E-state index contributed by atoms with van der Waals surface area (Å²) in [5.74, 6) is 0.680. The van der Waals surface area contributed by atoms with Gasteiger partial charge < -0.3 is 0 Å². The Morgan fingerprint density at radius 2 is 1.12 bits per heavy atom. The fourth-order valence-corrected chi connectivity index (χ4v) is 9.79. The van der Waals surface area contributed by atoms with Gasteiger partial charge in [0.25, 0.3) is 0 Å². The Morgan fingerprint density at radius 3 is 1.98 bits per heavy atom. The Bertz CT molecular complexity index is 3290. The summed E-state index contributed by atoms with van der Waals surface area (Å²) in [5, 5.41) is 8.59. The predicted molar refractivity (Wildman–Crippen MR) is 220 cm³/mol. The molecular weight excluding hydrogens is 651 g/mol. The maximum Gasteiger partial charge on any atom is 0.235 e. The number of benzene rings is 8. The molecule has 0 aliphatic heterocycles. The van der Waals surface area contributed by atoms with E-state index in [9.17, 15) is 0 Å². The Morgan fingerprint density at radius 1 is 0.423 bits per heavy atom. The predicted octanol–water partition coefficient (Wildman–Crippen LogP) is 13.2. The summed E-state index contributed by atoms with van der Waals surface area (Å²) in [7, 11) is 0. The molecule has 1 aliphatic carbocycles. The van der Waals surface area contributed by atoms with E-state index in [0.29, 0.717) is 5.95 Å². The molecule has 3 aromatic heterocycles. The quantitative estimate of drug-likeness (QED) is 0.186. The molecule has 0 atom stereocenters. The van der Waals surface area contributed by atoms with Crippen LogP contribution in [-0.4, -0.2) is 14.5 Å². The number of rotatable bonds is 3. The van der Waals surface area contributed by atoms with Gasteiger partial charge >= 0.3 is 0 Å². The van der Waals surface area contributed by atoms with Crippen molar-refractivity contribution in [3.63, 3.8) is 0 Å². The average Bonchev–Trinajstić information content (AvgIpc) is 3.72. The first kappa shape index (κ1) is 28.1. The van der Waals surface area contributed by atoms with Gasteiger partial charge in [-0.1, -0.05) is 133 Å². The van der Waals surface area contributed by atoms with Crippen molar-refractivity contribution in [1.29, 1.82) is 0 Å². The van der Waals surface area contributed by atoms with Crippen molar-refractivity contribution in [2.75, 3.05) is 0 Å². The molecule has 0 saturated carbocycles. The van der Waals surface area contributed by atoms with E-state index in [2.05, 4.69) is 168 Å². The molecule has 12 rings (SSSR count). The fraction of sp³-hybridized carbons (Fsp3) is 0. The lowest BCUT2D eigenvalue weighted by Crippen LogP contribution is -2.03. The maximum absolute atomic E-state index is 5.57. The minimum atomic E-state index is 0.680. The molecule has 0 N–H and O–H groups in total. The van der Waals surface area contributed by atoms with E-state index in [1.165, 1.54) is 70.4 Å². The van der Waals surface area contributed by atoms with Crippen molar-refractivity contribution in [2.24, 2.45) is 0 Å². The zero-order valence-corrected chi connectivity index (χ0v) is 28.7. The highest BCUT2D eigenvalue weighted by Gasteiger charge is 2.27. The van der Waals surface area contributed by atoms with Gasteiger partial charge in [-0.2, -0.15) is 0 Å². The first-order chi connectivity index (χ1) is 25.8. The van der Waals surface area contributed by atoms with Crippen LogP contribution in [0.4, 0.5) is 0 Å². The molecule has 52 heavy (non-hydrogen) atoms. The number of thiophene rings is 1. The number of nitrogens with zero attached hydrogens (tertiary/aromatic N) is 3. The van der Waals surface area contributed by atoms with Gasteiger partial charge in [0.1, 0.15) is 0 Å². The molecule has 1 aliphatic rings. The lowest BCUT2D eigenvalue weighted by Gasteiger charge is -2.15. The first-order valence-corrected chi connectivity index (χ1v) is 18.5. The second kappa shape index (κ2) is 10.5. The van der Waals surface area contributed by atoms with Gasteiger partial charge in [0, 0.05) is 26.4 Å². The van der Waals surface area contributed by atoms with E-state index in [4.69, 9.17) is 9.97 Å². The van der Waals surface area contributed by atoms with E-state index < -0.39 is 0 Å². The largest absolute Gasteiger partial charge is 0.278 e. The van der Waals surface area contributed by atoms with Crippen LogP contribution in [0.15, 0.2) is 164 Å². The molecule has 4 heteroatoms. The van der Waals surface area contributed by atoms with Crippen LogP contribution >= 0.6 is 11.3 Å². The Kier molecular flexibility index (Phi) is 5.65. The monoisotopic (exact) mass is 677 g/mol. The van der Waals surface area contributed by atoms with Crippen molar-refractivity contribution in [3.8, 4) is 50.6 Å². The molecule has 0 amide bonds. The van der Waals surface area contributed by atoms with E-state index in [0.717, 1.165) is 37.9 Å². The zero-order valence-electron chi connectivity index (χ0n) is 27.8. The average molecular weight is 678 g/mol. The SMILES string of the molecule is c1ccc(-c2cc3c4c5c(cccc5n(-c5nc(-c6ccc7ccccc7c6)c6sc7ccccc7c6n5)c4c2)-c2cccc4cccc-3c24)cc1. The van der Waals surface area contributed by atoms with Crippen molar-refractivity contribution in [1.82, 2.24) is 14.5 Å². The van der Waals surface area contributed by atoms with Gasteiger partial charge in [-0.25, -0.2) is 9.97 Å². The molecule has 3 heterocycles. The molecule has 8 aromatic carbocycles. The van der Waals surface area contributed by atoms with Crippen LogP contribution in [0.2, 0.25) is 0 Å². The summed E-state index contributed by atoms with van der Waals surface area (Å²) in [4.78, 5) is 11.1. The lowest BCUT2D eigenvalue weighted by molar-refractivity contribution is 1.02. The molecule has 0 spiro atoms. The molecular formula is C48H27N3S. The number of hydrogen-bond donors (Lipinski definition) is 0.